The first-order valence-electron chi connectivity index (χ1n) is 7.00. The molecule has 102 valence electrons. The average Bonchev–Trinajstić information content (AvgIpc) is 2.43. The van der Waals surface area contributed by atoms with Crippen LogP contribution in [-0.4, -0.2) is 23.2 Å². The Kier molecular flexibility index (Phi) is 6.13. The number of hydrogen-bond acceptors (Lipinski definition) is 3. The van der Waals surface area contributed by atoms with Crippen LogP contribution in [0.25, 0.3) is 0 Å². The molecule has 0 fully saturated rings. The zero-order chi connectivity index (χ0) is 13.5. The lowest BCUT2D eigenvalue weighted by Crippen LogP contribution is -2.29. The summed E-state index contributed by atoms with van der Waals surface area (Å²) in [4.78, 5) is 6.97. The first-order chi connectivity index (χ1) is 8.64. The summed E-state index contributed by atoms with van der Waals surface area (Å²) in [5.41, 5.74) is 2.01. The summed E-state index contributed by atoms with van der Waals surface area (Å²) in [5.74, 6) is 1.66. The molecular formula is C15H26N2O. The van der Waals surface area contributed by atoms with Gasteiger partial charge in [0, 0.05) is 18.8 Å². The van der Waals surface area contributed by atoms with E-state index in [4.69, 9.17) is 0 Å². The lowest BCUT2D eigenvalue weighted by molar-refractivity contribution is 0.281. The quantitative estimate of drug-likeness (QED) is 0.808. The average molecular weight is 250 g/mol. The fourth-order valence-electron chi connectivity index (χ4n) is 1.96. The molecule has 0 aliphatic carbocycles. The molecule has 1 rings (SSSR count). The van der Waals surface area contributed by atoms with Gasteiger partial charge in [0.25, 0.3) is 0 Å². The summed E-state index contributed by atoms with van der Waals surface area (Å²) in [6.45, 7) is 10.8. The van der Waals surface area contributed by atoms with Gasteiger partial charge >= 0.3 is 0 Å². The highest BCUT2D eigenvalue weighted by Gasteiger charge is 2.11. The number of rotatable bonds is 7. The van der Waals surface area contributed by atoms with Gasteiger partial charge in [-0.2, -0.15) is 0 Å². The third kappa shape index (κ3) is 3.98. The number of pyridine rings is 1. The van der Waals surface area contributed by atoms with Crippen LogP contribution in [0.3, 0.4) is 0 Å². The van der Waals surface area contributed by atoms with Gasteiger partial charge in [-0.25, -0.2) is 4.98 Å². The fourth-order valence-corrected chi connectivity index (χ4v) is 1.96. The smallest absolute Gasteiger partial charge is 0.129 e. The molecule has 0 aromatic carbocycles. The molecule has 1 aromatic heterocycles. The third-order valence-electron chi connectivity index (χ3n) is 3.40. The van der Waals surface area contributed by atoms with Crippen molar-refractivity contribution in [3.8, 4) is 0 Å². The van der Waals surface area contributed by atoms with Crippen LogP contribution in [0.2, 0.25) is 0 Å². The molecule has 1 N–H and O–H groups in total. The summed E-state index contributed by atoms with van der Waals surface area (Å²) in [5, 5.41) is 9.32. The fraction of sp³-hybridized carbons (Fsp3) is 0.667. The van der Waals surface area contributed by atoms with E-state index in [1.54, 1.807) is 0 Å². The molecule has 0 radical (unpaired) electrons. The van der Waals surface area contributed by atoms with E-state index in [9.17, 15) is 5.11 Å². The number of aromatic nitrogens is 1. The van der Waals surface area contributed by atoms with Gasteiger partial charge < -0.3 is 10.0 Å². The van der Waals surface area contributed by atoms with Gasteiger partial charge in [0.15, 0.2) is 0 Å². The van der Waals surface area contributed by atoms with Crippen LogP contribution in [0.4, 0.5) is 5.82 Å². The number of aliphatic hydroxyl groups excluding tert-OH is 1. The second kappa shape index (κ2) is 7.37. The van der Waals surface area contributed by atoms with Crippen LogP contribution in [0.1, 0.15) is 45.4 Å². The van der Waals surface area contributed by atoms with Crippen molar-refractivity contribution in [3.05, 3.63) is 23.4 Å². The minimum absolute atomic E-state index is 0.0867. The SMILES string of the molecule is CCc1cc(CO)cc(N(CC)CC(C)CC)n1. The molecule has 1 atom stereocenters. The Morgan fingerprint density at radius 3 is 2.50 bits per heavy atom. The Labute approximate surface area is 111 Å². The highest BCUT2D eigenvalue weighted by Crippen LogP contribution is 2.18. The molecule has 18 heavy (non-hydrogen) atoms. The van der Waals surface area contributed by atoms with Crippen molar-refractivity contribution in [3.63, 3.8) is 0 Å². The van der Waals surface area contributed by atoms with Gasteiger partial charge in [0.2, 0.25) is 0 Å². The minimum atomic E-state index is 0.0867. The Hall–Kier alpha value is -1.09. The molecule has 0 aliphatic rings. The molecule has 0 amide bonds. The Morgan fingerprint density at radius 1 is 1.28 bits per heavy atom. The van der Waals surface area contributed by atoms with E-state index in [1.165, 1.54) is 6.42 Å². The van der Waals surface area contributed by atoms with Crippen molar-refractivity contribution in [1.29, 1.82) is 0 Å². The van der Waals surface area contributed by atoms with Crippen LogP contribution < -0.4 is 4.90 Å². The van der Waals surface area contributed by atoms with E-state index < -0.39 is 0 Å². The predicted octanol–water partition coefficient (Wildman–Crippen LogP) is 3.01. The van der Waals surface area contributed by atoms with E-state index in [1.807, 2.05) is 12.1 Å². The summed E-state index contributed by atoms with van der Waals surface area (Å²) in [6.07, 6.45) is 2.08. The molecule has 3 heteroatoms. The number of aryl methyl sites for hydroxylation is 1. The number of hydrogen-bond donors (Lipinski definition) is 1. The maximum Gasteiger partial charge on any atom is 0.129 e. The Balaban J connectivity index is 2.96. The van der Waals surface area contributed by atoms with Crippen LogP contribution in [0, 0.1) is 5.92 Å². The summed E-state index contributed by atoms with van der Waals surface area (Å²) in [7, 11) is 0. The van der Waals surface area contributed by atoms with E-state index in [2.05, 4.69) is 37.6 Å². The van der Waals surface area contributed by atoms with Crippen LogP contribution in [0.15, 0.2) is 12.1 Å². The molecule has 1 unspecified atom stereocenters. The number of nitrogens with zero attached hydrogens (tertiary/aromatic N) is 2. The van der Waals surface area contributed by atoms with E-state index in [-0.39, 0.29) is 6.61 Å². The molecule has 1 heterocycles. The second-order valence-corrected chi connectivity index (χ2v) is 4.89. The third-order valence-corrected chi connectivity index (χ3v) is 3.40. The lowest BCUT2D eigenvalue weighted by atomic mass is 10.1. The predicted molar refractivity (Wildman–Crippen MR) is 76.9 cm³/mol. The van der Waals surface area contributed by atoms with Crippen molar-refractivity contribution in [2.75, 3.05) is 18.0 Å². The number of aliphatic hydroxyl groups is 1. The topological polar surface area (TPSA) is 36.4 Å². The summed E-state index contributed by atoms with van der Waals surface area (Å²) in [6, 6.07) is 3.99. The first-order valence-corrected chi connectivity index (χ1v) is 7.00. The summed E-state index contributed by atoms with van der Waals surface area (Å²) < 4.78 is 0. The van der Waals surface area contributed by atoms with E-state index >= 15 is 0 Å². The van der Waals surface area contributed by atoms with Crippen LogP contribution in [-0.2, 0) is 13.0 Å². The highest BCUT2D eigenvalue weighted by molar-refractivity contribution is 5.42. The molecule has 0 bridgehead atoms. The van der Waals surface area contributed by atoms with Crippen molar-refractivity contribution >= 4 is 5.82 Å². The number of anilines is 1. The molecule has 0 spiro atoms. The molecule has 0 aliphatic heterocycles. The normalized spacial score (nSPS) is 12.5. The highest BCUT2D eigenvalue weighted by atomic mass is 16.3. The van der Waals surface area contributed by atoms with Crippen molar-refractivity contribution < 1.29 is 5.11 Å². The standard InChI is InChI=1S/C15H26N2O/c1-5-12(4)10-17(7-3)15-9-13(11-18)8-14(6-2)16-15/h8-9,12,18H,5-7,10-11H2,1-4H3. The van der Waals surface area contributed by atoms with Crippen molar-refractivity contribution in [2.24, 2.45) is 5.92 Å². The zero-order valence-corrected chi connectivity index (χ0v) is 12.1. The van der Waals surface area contributed by atoms with E-state index in [0.29, 0.717) is 5.92 Å². The molecule has 0 saturated heterocycles. The van der Waals surface area contributed by atoms with Crippen LogP contribution in [0.5, 0.6) is 0 Å². The monoisotopic (exact) mass is 250 g/mol. The maximum atomic E-state index is 9.32. The van der Waals surface area contributed by atoms with Gasteiger partial charge in [-0.05, 0) is 37.0 Å². The van der Waals surface area contributed by atoms with Gasteiger partial charge in [-0.15, -0.1) is 0 Å². The lowest BCUT2D eigenvalue weighted by Gasteiger charge is -2.26. The van der Waals surface area contributed by atoms with Crippen molar-refractivity contribution in [1.82, 2.24) is 4.98 Å². The first kappa shape index (κ1) is 15.0. The minimum Gasteiger partial charge on any atom is -0.392 e. The zero-order valence-electron chi connectivity index (χ0n) is 12.1. The Bertz CT molecular complexity index is 343. The second-order valence-electron chi connectivity index (χ2n) is 4.89. The van der Waals surface area contributed by atoms with Gasteiger partial charge in [-0.3, -0.25) is 0 Å². The molecule has 1 aromatic rings. The molecule has 0 saturated carbocycles. The van der Waals surface area contributed by atoms with Crippen LogP contribution >= 0.6 is 0 Å². The molecular weight excluding hydrogens is 224 g/mol. The molecule has 3 nitrogen and oxygen atoms in total. The van der Waals surface area contributed by atoms with Crippen molar-refractivity contribution in [2.45, 2.75) is 47.1 Å². The van der Waals surface area contributed by atoms with Gasteiger partial charge in [0.1, 0.15) is 5.82 Å². The largest absolute Gasteiger partial charge is 0.392 e. The Morgan fingerprint density at radius 2 is 2.00 bits per heavy atom. The van der Waals surface area contributed by atoms with Gasteiger partial charge in [0.05, 0.1) is 6.61 Å². The van der Waals surface area contributed by atoms with E-state index in [0.717, 1.165) is 36.6 Å². The summed E-state index contributed by atoms with van der Waals surface area (Å²) >= 11 is 0. The van der Waals surface area contributed by atoms with Gasteiger partial charge in [-0.1, -0.05) is 27.2 Å². The maximum absolute atomic E-state index is 9.32.